The summed E-state index contributed by atoms with van der Waals surface area (Å²) < 4.78 is 2.20. The Kier molecular flexibility index (Phi) is 2.74. The Morgan fingerprint density at radius 2 is 2.10 bits per heavy atom. The monoisotopic (exact) mass is 322 g/mol. The Labute approximate surface area is 130 Å². The maximum absolute atomic E-state index is 4.40. The van der Waals surface area contributed by atoms with Crippen molar-refractivity contribution in [2.24, 2.45) is 0 Å². The zero-order valence-electron chi connectivity index (χ0n) is 11.4. The first-order valence-electron chi connectivity index (χ1n) is 6.38. The molecule has 0 saturated heterocycles. The number of hydrogen-bond donors (Lipinski definition) is 0. The maximum Gasteiger partial charge on any atom is 0.216 e. The van der Waals surface area contributed by atoms with Gasteiger partial charge in [-0.05, 0) is 23.2 Å². The van der Waals surface area contributed by atoms with Crippen molar-refractivity contribution in [1.29, 1.82) is 0 Å². The molecule has 7 heteroatoms. The van der Waals surface area contributed by atoms with Crippen LogP contribution < -0.4 is 5.01 Å². The molecule has 0 aliphatic carbocycles. The molecule has 2 aromatic rings. The van der Waals surface area contributed by atoms with Crippen LogP contribution in [0.3, 0.4) is 0 Å². The Balaban J connectivity index is 1.82. The largest absolute Gasteiger partial charge is 0.251 e. The summed E-state index contributed by atoms with van der Waals surface area (Å²) in [5.41, 5.74) is -0.0193. The van der Waals surface area contributed by atoms with Crippen LogP contribution >= 0.6 is 34.9 Å². The highest BCUT2D eigenvalue weighted by atomic mass is 32.2. The van der Waals surface area contributed by atoms with E-state index in [0.717, 1.165) is 11.0 Å². The van der Waals surface area contributed by atoms with Crippen LogP contribution in [0, 0.1) is 0 Å². The van der Waals surface area contributed by atoms with Crippen LogP contribution in [0.25, 0.3) is 0 Å². The molecule has 0 spiro atoms. The fourth-order valence-electron chi connectivity index (χ4n) is 2.33. The van der Waals surface area contributed by atoms with Gasteiger partial charge in [0, 0.05) is 15.7 Å². The molecule has 4 heterocycles. The normalized spacial score (nSPS) is 21.1. The second kappa shape index (κ2) is 4.29. The molecule has 0 amide bonds. The highest BCUT2D eigenvalue weighted by Gasteiger charge is 2.41. The lowest BCUT2D eigenvalue weighted by Crippen LogP contribution is -2.33. The summed E-state index contributed by atoms with van der Waals surface area (Å²) >= 11 is 5.36. The fraction of sp³-hybridized carbons (Fsp3) is 0.385. The van der Waals surface area contributed by atoms with Crippen LogP contribution in [0.1, 0.15) is 36.8 Å². The molecular weight excluding hydrogens is 308 g/mol. The van der Waals surface area contributed by atoms with Crippen molar-refractivity contribution in [2.75, 3.05) is 5.01 Å². The lowest BCUT2D eigenvalue weighted by molar-refractivity contribution is 0.486. The summed E-state index contributed by atoms with van der Waals surface area (Å²) in [5.74, 6) is 1.02. The minimum atomic E-state index is -0.0193. The summed E-state index contributed by atoms with van der Waals surface area (Å²) in [5, 5.41) is 18.0. The number of aromatic nitrogens is 3. The van der Waals surface area contributed by atoms with Crippen molar-refractivity contribution in [2.45, 2.75) is 36.7 Å². The predicted molar refractivity (Wildman–Crippen MR) is 85.5 cm³/mol. The molecule has 1 unspecified atom stereocenters. The van der Waals surface area contributed by atoms with Gasteiger partial charge >= 0.3 is 0 Å². The van der Waals surface area contributed by atoms with Gasteiger partial charge in [0.1, 0.15) is 10.4 Å². The number of thiophene rings is 1. The first kappa shape index (κ1) is 12.8. The number of nitrogens with zero attached hydrogens (tertiary/aromatic N) is 4. The van der Waals surface area contributed by atoms with E-state index in [-0.39, 0.29) is 5.41 Å². The third-order valence-corrected chi connectivity index (χ3v) is 6.47. The lowest BCUT2D eigenvalue weighted by Gasteiger charge is -2.28. The van der Waals surface area contributed by atoms with Crippen LogP contribution in [0.4, 0.5) is 0 Å². The van der Waals surface area contributed by atoms with E-state index in [9.17, 15) is 0 Å². The maximum atomic E-state index is 4.40. The van der Waals surface area contributed by atoms with Gasteiger partial charge in [-0.1, -0.05) is 38.6 Å². The fourth-order valence-corrected chi connectivity index (χ4v) is 5.47. The predicted octanol–water partition coefficient (Wildman–Crippen LogP) is 3.93. The van der Waals surface area contributed by atoms with Gasteiger partial charge < -0.3 is 0 Å². The number of rotatable bonds is 1. The standard InChI is InChI=1S/C13H14N4S3/c1-13(2,3)11-14-15-12-17(11)16-9(20-12)7-19-10(16)8-5-4-6-18-8/h4-7,10H,1-3H3. The summed E-state index contributed by atoms with van der Waals surface area (Å²) in [6.45, 7) is 6.54. The second-order valence-corrected chi connectivity index (χ2v) is 8.70. The van der Waals surface area contributed by atoms with Crippen molar-refractivity contribution < 1.29 is 0 Å². The van der Waals surface area contributed by atoms with Gasteiger partial charge in [-0.15, -0.1) is 21.5 Å². The topological polar surface area (TPSA) is 34.0 Å². The summed E-state index contributed by atoms with van der Waals surface area (Å²) in [4.78, 5) is 1.36. The molecule has 0 bridgehead atoms. The molecule has 1 atom stereocenters. The molecule has 0 radical (unpaired) electrons. The summed E-state index contributed by atoms with van der Waals surface area (Å²) in [6.07, 6.45) is 0. The highest BCUT2D eigenvalue weighted by Crippen LogP contribution is 2.52. The molecule has 4 rings (SSSR count). The highest BCUT2D eigenvalue weighted by molar-refractivity contribution is 8.07. The minimum Gasteiger partial charge on any atom is -0.251 e. The number of fused-ring (bicyclic) bond motifs is 3. The Morgan fingerprint density at radius 3 is 2.80 bits per heavy atom. The average molecular weight is 322 g/mol. The van der Waals surface area contributed by atoms with Gasteiger partial charge in [0.25, 0.3) is 0 Å². The SMILES string of the molecule is CC(C)(C)c1nnc2n1N1C(=CSC1c1cccs1)S2. The first-order chi connectivity index (χ1) is 9.55. The van der Waals surface area contributed by atoms with Gasteiger partial charge in [-0.2, -0.15) is 0 Å². The van der Waals surface area contributed by atoms with E-state index in [2.05, 4.69) is 63.6 Å². The molecule has 2 aliphatic heterocycles. The van der Waals surface area contributed by atoms with Gasteiger partial charge in [-0.25, -0.2) is 4.68 Å². The molecule has 0 N–H and O–H groups in total. The average Bonchev–Trinajstić information content (AvgIpc) is 3.08. The molecule has 2 aromatic heterocycles. The van der Waals surface area contributed by atoms with E-state index in [1.807, 2.05) is 11.8 Å². The molecule has 2 aliphatic rings. The van der Waals surface area contributed by atoms with Crippen molar-refractivity contribution in [3.63, 3.8) is 0 Å². The van der Waals surface area contributed by atoms with E-state index in [0.29, 0.717) is 5.37 Å². The molecule has 0 aromatic carbocycles. The second-order valence-electron chi connectivity index (χ2n) is 5.77. The van der Waals surface area contributed by atoms with Gasteiger partial charge in [0.05, 0.1) is 0 Å². The molecule has 4 nitrogen and oxygen atoms in total. The molecule has 20 heavy (non-hydrogen) atoms. The molecule has 0 saturated carbocycles. The zero-order chi connectivity index (χ0) is 13.9. The van der Waals surface area contributed by atoms with E-state index in [4.69, 9.17) is 0 Å². The van der Waals surface area contributed by atoms with Crippen LogP contribution in [0.2, 0.25) is 0 Å². The van der Waals surface area contributed by atoms with Gasteiger partial charge in [0.15, 0.2) is 5.82 Å². The van der Waals surface area contributed by atoms with E-state index < -0.39 is 0 Å². The van der Waals surface area contributed by atoms with E-state index in [1.54, 1.807) is 23.1 Å². The van der Waals surface area contributed by atoms with Crippen LogP contribution in [0.15, 0.2) is 33.1 Å². The molecule has 104 valence electrons. The first-order valence-corrected chi connectivity index (χ1v) is 9.02. The van der Waals surface area contributed by atoms with Gasteiger partial charge in [-0.3, -0.25) is 5.01 Å². The number of thioether (sulfide) groups is 2. The zero-order valence-corrected chi connectivity index (χ0v) is 13.8. The van der Waals surface area contributed by atoms with E-state index >= 15 is 0 Å². The Morgan fingerprint density at radius 1 is 1.25 bits per heavy atom. The van der Waals surface area contributed by atoms with Gasteiger partial charge in [0.2, 0.25) is 5.16 Å². The van der Waals surface area contributed by atoms with E-state index in [1.165, 1.54) is 9.91 Å². The van der Waals surface area contributed by atoms with Crippen molar-refractivity contribution in [3.8, 4) is 0 Å². The van der Waals surface area contributed by atoms with Crippen molar-refractivity contribution >= 4 is 34.9 Å². The van der Waals surface area contributed by atoms with Crippen LogP contribution in [0.5, 0.6) is 0 Å². The third-order valence-electron chi connectivity index (χ3n) is 3.23. The third kappa shape index (κ3) is 1.76. The Bertz CT molecular complexity index is 681. The smallest absolute Gasteiger partial charge is 0.216 e. The number of hydrogen-bond acceptors (Lipinski definition) is 6. The quantitative estimate of drug-likeness (QED) is 0.795. The van der Waals surface area contributed by atoms with Crippen LogP contribution in [-0.2, 0) is 5.41 Å². The van der Waals surface area contributed by atoms with Crippen molar-refractivity contribution in [3.05, 3.63) is 38.7 Å². The lowest BCUT2D eigenvalue weighted by atomic mass is 9.96. The Hall–Kier alpha value is -0.920. The molecule has 0 fully saturated rings. The summed E-state index contributed by atoms with van der Waals surface area (Å²) in [7, 11) is 0. The molecular formula is C13H14N4S3. The minimum absolute atomic E-state index is 0.0193. The van der Waals surface area contributed by atoms with Crippen molar-refractivity contribution in [1.82, 2.24) is 14.9 Å². The van der Waals surface area contributed by atoms with Crippen LogP contribution in [-0.4, -0.2) is 14.9 Å². The summed E-state index contributed by atoms with van der Waals surface area (Å²) in [6, 6.07) is 4.31.